The van der Waals surface area contributed by atoms with Gasteiger partial charge in [0, 0.05) is 12.6 Å². The first kappa shape index (κ1) is 12.2. The maximum absolute atomic E-state index is 9.78. The second-order valence-corrected chi connectivity index (χ2v) is 4.21. The van der Waals surface area contributed by atoms with E-state index in [2.05, 4.69) is 15.3 Å². The van der Waals surface area contributed by atoms with Gasteiger partial charge >= 0.3 is 0 Å². The highest BCUT2D eigenvalue weighted by Gasteiger charge is 2.17. The van der Waals surface area contributed by atoms with Crippen molar-refractivity contribution in [3.8, 4) is 0 Å². The first-order chi connectivity index (χ1) is 6.93. The topological polar surface area (TPSA) is 58.0 Å². The molecule has 0 aliphatic rings. The minimum absolute atomic E-state index is 0.404. The molecule has 0 saturated heterocycles. The highest BCUT2D eigenvalue weighted by molar-refractivity contribution is 6.29. The van der Waals surface area contributed by atoms with Gasteiger partial charge in [-0.15, -0.1) is 0 Å². The van der Waals surface area contributed by atoms with E-state index in [0.717, 1.165) is 0 Å². The molecular weight excluding hydrogens is 214 g/mol. The Morgan fingerprint density at radius 3 is 2.73 bits per heavy atom. The highest BCUT2D eigenvalue weighted by atomic mass is 35.5. The first-order valence-electron chi connectivity index (χ1n) is 4.90. The Hall–Kier alpha value is -0.870. The molecule has 1 heterocycles. The van der Waals surface area contributed by atoms with Crippen molar-refractivity contribution >= 4 is 17.4 Å². The third kappa shape index (κ3) is 4.01. The molecule has 15 heavy (non-hydrogen) atoms. The van der Waals surface area contributed by atoms with E-state index < -0.39 is 5.60 Å². The van der Waals surface area contributed by atoms with Gasteiger partial charge in [0.1, 0.15) is 16.8 Å². The molecule has 0 aliphatic carbocycles. The number of rotatable bonds is 4. The lowest BCUT2D eigenvalue weighted by atomic mass is 10.0. The van der Waals surface area contributed by atoms with E-state index in [4.69, 9.17) is 11.6 Å². The molecule has 1 unspecified atom stereocenters. The minimum atomic E-state index is -0.731. The van der Waals surface area contributed by atoms with E-state index in [0.29, 0.717) is 29.8 Å². The lowest BCUT2D eigenvalue weighted by Gasteiger charge is -2.21. The Morgan fingerprint density at radius 2 is 2.20 bits per heavy atom. The molecule has 0 radical (unpaired) electrons. The lowest BCUT2D eigenvalue weighted by molar-refractivity contribution is 0.0696. The summed E-state index contributed by atoms with van der Waals surface area (Å²) < 4.78 is 0. The van der Waals surface area contributed by atoms with Gasteiger partial charge in [-0.25, -0.2) is 9.97 Å². The van der Waals surface area contributed by atoms with Crippen molar-refractivity contribution in [2.24, 2.45) is 0 Å². The van der Waals surface area contributed by atoms with Crippen LogP contribution in [0.15, 0.2) is 6.07 Å². The van der Waals surface area contributed by atoms with Gasteiger partial charge in [0.25, 0.3) is 0 Å². The van der Waals surface area contributed by atoms with Crippen LogP contribution in [0.2, 0.25) is 5.15 Å². The molecule has 2 N–H and O–H groups in total. The number of aliphatic hydroxyl groups is 1. The van der Waals surface area contributed by atoms with E-state index in [9.17, 15) is 5.11 Å². The van der Waals surface area contributed by atoms with Crippen LogP contribution in [0.3, 0.4) is 0 Å². The summed E-state index contributed by atoms with van der Waals surface area (Å²) in [7, 11) is 0. The Labute approximate surface area is 94.7 Å². The second kappa shape index (κ2) is 4.77. The molecule has 1 rings (SSSR count). The molecule has 5 heteroatoms. The summed E-state index contributed by atoms with van der Waals surface area (Å²) >= 11 is 5.78. The summed E-state index contributed by atoms with van der Waals surface area (Å²) in [6.07, 6.45) is 0.678. The van der Waals surface area contributed by atoms with Crippen molar-refractivity contribution in [1.82, 2.24) is 9.97 Å². The van der Waals surface area contributed by atoms with Crippen molar-refractivity contribution in [2.75, 3.05) is 11.9 Å². The molecule has 0 aromatic carbocycles. The van der Waals surface area contributed by atoms with Crippen molar-refractivity contribution in [2.45, 2.75) is 32.8 Å². The summed E-state index contributed by atoms with van der Waals surface area (Å²) in [5, 5.41) is 13.2. The van der Waals surface area contributed by atoms with Gasteiger partial charge in [-0.3, -0.25) is 0 Å². The summed E-state index contributed by atoms with van der Waals surface area (Å²) in [5.41, 5.74) is -0.731. The SMILES string of the molecule is CCC(C)(O)CNc1cc(Cl)nc(C)n1. The minimum Gasteiger partial charge on any atom is -0.388 e. The van der Waals surface area contributed by atoms with Gasteiger partial charge < -0.3 is 10.4 Å². The molecule has 0 bridgehead atoms. The largest absolute Gasteiger partial charge is 0.388 e. The van der Waals surface area contributed by atoms with Gasteiger partial charge in [-0.05, 0) is 20.3 Å². The van der Waals surface area contributed by atoms with Crippen molar-refractivity contribution in [1.29, 1.82) is 0 Å². The molecule has 0 spiro atoms. The zero-order chi connectivity index (χ0) is 11.5. The van der Waals surface area contributed by atoms with Gasteiger partial charge in [0.2, 0.25) is 0 Å². The zero-order valence-corrected chi connectivity index (χ0v) is 9.97. The maximum atomic E-state index is 9.78. The Kier molecular flexibility index (Phi) is 3.88. The number of aromatic nitrogens is 2. The van der Waals surface area contributed by atoms with E-state index in [1.807, 2.05) is 6.92 Å². The fourth-order valence-corrected chi connectivity index (χ4v) is 1.25. The molecule has 1 aromatic heterocycles. The zero-order valence-electron chi connectivity index (χ0n) is 9.21. The predicted octanol–water partition coefficient (Wildman–Crippen LogP) is 2.01. The molecule has 0 saturated carbocycles. The number of nitrogens with zero attached hydrogens (tertiary/aromatic N) is 2. The van der Waals surface area contributed by atoms with Gasteiger partial charge in [-0.1, -0.05) is 18.5 Å². The highest BCUT2D eigenvalue weighted by Crippen LogP contribution is 2.13. The lowest BCUT2D eigenvalue weighted by Crippen LogP contribution is -2.32. The van der Waals surface area contributed by atoms with Crippen LogP contribution in [0.4, 0.5) is 5.82 Å². The van der Waals surface area contributed by atoms with Gasteiger partial charge in [0.15, 0.2) is 0 Å². The number of aryl methyl sites for hydroxylation is 1. The number of halogens is 1. The first-order valence-corrected chi connectivity index (χ1v) is 5.28. The standard InChI is InChI=1S/C10H16ClN3O/c1-4-10(3,15)6-12-9-5-8(11)13-7(2)14-9/h5,15H,4,6H2,1-3H3,(H,12,13,14). The van der Waals surface area contributed by atoms with E-state index in [1.165, 1.54) is 0 Å². The second-order valence-electron chi connectivity index (χ2n) is 3.83. The normalized spacial score (nSPS) is 14.7. The number of hydrogen-bond donors (Lipinski definition) is 2. The molecular formula is C10H16ClN3O. The monoisotopic (exact) mass is 229 g/mol. The van der Waals surface area contributed by atoms with Crippen LogP contribution >= 0.6 is 11.6 Å². The van der Waals surface area contributed by atoms with Gasteiger partial charge in [-0.2, -0.15) is 0 Å². The summed E-state index contributed by atoms with van der Waals surface area (Å²) in [6.45, 7) is 5.92. The predicted molar refractivity (Wildman–Crippen MR) is 61.2 cm³/mol. The van der Waals surface area contributed by atoms with Crippen LogP contribution in [0.5, 0.6) is 0 Å². The molecule has 1 aromatic rings. The molecule has 0 aliphatic heterocycles. The molecule has 1 atom stereocenters. The van der Waals surface area contributed by atoms with Crippen molar-refractivity contribution < 1.29 is 5.11 Å². The Balaban J connectivity index is 2.65. The van der Waals surface area contributed by atoms with Crippen LogP contribution in [0, 0.1) is 6.92 Å². The maximum Gasteiger partial charge on any atom is 0.134 e. The van der Waals surface area contributed by atoms with Crippen LogP contribution in [0.1, 0.15) is 26.1 Å². The van der Waals surface area contributed by atoms with E-state index >= 15 is 0 Å². The fourth-order valence-electron chi connectivity index (χ4n) is 1.03. The molecule has 0 amide bonds. The number of nitrogens with one attached hydrogen (secondary N) is 1. The third-order valence-corrected chi connectivity index (χ3v) is 2.41. The molecule has 84 valence electrons. The smallest absolute Gasteiger partial charge is 0.134 e. The van der Waals surface area contributed by atoms with Crippen molar-refractivity contribution in [3.05, 3.63) is 17.0 Å². The average Bonchev–Trinajstić information content (AvgIpc) is 2.14. The van der Waals surface area contributed by atoms with Crippen molar-refractivity contribution in [3.63, 3.8) is 0 Å². The molecule has 0 fully saturated rings. The van der Waals surface area contributed by atoms with Crippen LogP contribution in [-0.2, 0) is 0 Å². The van der Waals surface area contributed by atoms with Crippen LogP contribution in [0.25, 0.3) is 0 Å². The average molecular weight is 230 g/mol. The van der Waals surface area contributed by atoms with Crippen LogP contribution < -0.4 is 5.32 Å². The number of anilines is 1. The molecule has 4 nitrogen and oxygen atoms in total. The van der Waals surface area contributed by atoms with Crippen LogP contribution in [-0.4, -0.2) is 27.2 Å². The van der Waals surface area contributed by atoms with Gasteiger partial charge in [0.05, 0.1) is 5.60 Å². The van der Waals surface area contributed by atoms with E-state index in [-0.39, 0.29) is 0 Å². The fraction of sp³-hybridized carbons (Fsp3) is 0.600. The van der Waals surface area contributed by atoms with E-state index in [1.54, 1.807) is 19.9 Å². The Morgan fingerprint density at radius 1 is 1.53 bits per heavy atom. The number of hydrogen-bond acceptors (Lipinski definition) is 4. The quantitative estimate of drug-likeness (QED) is 0.776. The summed E-state index contributed by atoms with van der Waals surface area (Å²) in [4.78, 5) is 8.10. The Bertz CT molecular complexity index is 321. The summed E-state index contributed by atoms with van der Waals surface area (Å²) in [5.74, 6) is 1.25. The third-order valence-electron chi connectivity index (χ3n) is 2.22. The summed E-state index contributed by atoms with van der Waals surface area (Å²) in [6, 6.07) is 1.64.